The summed E-state index contributed by atoms with van der Waals surface area (Å²) in [6.07, 6.45) is 6.72. The van der Waals surface area contributed by atoms with Gasteiger partial charge in [-0.3, -0.25) is 9.78 Å². The summed E-state index contributed by atoms with van der Waals surface area (Å²) in [5, 5.41) is 28.3. The van der Waals surface area contributed by atoms with Gasteiger partial charge in [0, 0.05) is 18.3 Å². The molecule has 0 radical (unpaired) electrons. The maximum Gasteiger partial charge on any atom is 0.255 e. The summed E-state index contributed by atoms with van der Waals surface area (Å²) in [5.74, 6) is -0.354. The summed E-state index contributed by atoms with van der Waals surface area (Å²) in [6, 6.07) is 11.8. The number of nitriles is 2. The molecule has 0 bridgehead atoms. The normalized spacial score (nSPS) is 18.2. The fourth-order valence-electron chi connectivity index (χ4n) is 3.85. The third-order valence-corrected chi connectivity index (χ3v) is 5.50. The fraction of sp³-hybridized carbons (Fsp3) is 0.318. The van der Waals surface area contributed by atoms with Crippen molar-refractivity contribution < 1.29 is 4.79 Å². The van der Waals surface area contributed by atoms with Crippen molar-refractivity contribution in [3.05, 3.63) is 47.8 Å². The average molecular weight is 414 g/mol. The highest BCUT2D eigenvalue weighted by Gasteiger charge is 2.22. The summed E-state index contributed by atoms with van der Waals surface area (Å²) in [4.78, 5) is 17.1. The van der Waals surface area contributed by atoms with E-state index in [2.05, 4.69) is 26.8 Å². The molecule has 9 nitrogen and oxygen atoms in total. The third-order valence-electron chi connectivity index (χ3n) is 5.50. The van der Waals surface area contributed by atoms with E-state index in [0.717, 1.165) is 36.9 Å². The molecule has 1 aliphatic rings. The molecule has 1 fully saturated rings. The van der Waals surface area contributed by atoms with Gasteiger partial charge in [-0.2, -0.15) is 15.6 Å². The topological polar surface area (TPSA) is 145 Å². The highest BCUT2D eigenvalue weighted by Crippen LogP contribution is 2.28. The van der Waals surface area contributed by atoms with Crippen LogP contribution in [0.1, 0.15) is 41.6 Å². The van der Waals surface area contributed by atoms with Gasteiger partial charge >= 0.3 is 0 Å². The molecule has 156 valence electrons. The molecule has 0 saturated heterocycles. The number of hydrogen-bond donors (Lipinski definition) is 3. The number of nitrogens with two attached hydrogens (primary N) is 1. The summed E-state index contributed by atoms with van der Waals surface area (Å²) in [5.41, 5.74) is 9.71. The first kappa shape index (κ1) is 20.3. The SMILES string of the molecule is N#CCNC(=O)c1cnc(-c2ccc3cc(C#N)cnn23)cc1N[C@H]1CC[C@H](N)CC1. The Hall–Kier alpha value is -3.95. The van der Waals surface area contributed by atoms with Crippen LogP contribution in [0.25, 0.3) is 16.9 Å². The number of pyridine rings is 1. The molecule has 1 saturated carbocycles. The van der Waals surface area contributed by atoms with E-state index in [9.17, 15) is 4.79 Å². The summed E-state index contributed by atoms with van der Waals surface area (Å²) in [6.45, 7) is -0.0766. The Balaban J connectivity index is 1.70. The maximum absolute atomic E-state index is 12.6. The first-order valence-electron chi connectivity index (χ1n) is 10.1. The van der Waals surface area contributed by atoms with E-state index in [1.54, 1.807) is 10.6 Å². The summed E-state index contributed by atoms with van der Waals surface area (Å²) >= 11 is 0. The largest absolute Gasteiger partial charge is 0.382 e. The van der Waals surface area contributed by atoms with Crippen molar-refractivity contribution in [1.29, 1.82) is 10.5 Å². The van der Waals surface area contributed by atoms with Crippen LogP contribution < -0.4 is 16.4 Å². The second kappa shape index (κ2) is 8.82. The minimum absolute atomic E-state index is 0.0766. The van der Waals surface area contributed by atoms with Crippen molar-refractivity contribution in [3.8, 4) is 23.5 Å². The highest BCUT2D eigenvalue weighted by molar-refractivity contribution is 6.00. The van der Waals surface area contributed by atoms with Crippen LogP contribution in [0.4, 0.5) is 5.69 Å². The lowest BCUT2D eigenvalue weighted by atomic mass is 9.91. The molecule has 3 aromatic rings. The van der Waals surface area contributed by atoms with E-state index in [4.69, 9.17) is 16.3 Å². The molecule has 3 heterocycles. The van der Waals surface area contributed by atoms with Crippen LogP contribution in [0.5, 0.6) is 0 Å². The van der Waals surface area contributed by atoms with Crippen molar-refractivity contribution >= 4 is 17.1 Å². The van der Waals surface area contributed by atoms with Crippen molar-refractivity contribution in [2.24, 2.45) is 5.73 Å². The van der Waals surface area contributed by atoms with Crippen LogP contribution >= 0.6 is 0 Å². The molecule has 3 aromatic heterocycles. The monoisotopic (exact) mass is 414 g/mol. The van der Waals surface area contributed by atoms with Crippen LogP contribution in [0.3, 0.4) is 0 Å². The molecule has 0 unspecified atom stereocenters. The molecule has 4 N–H and O–H groups in total. The van der Waals surface area contributed by atoms with E-state index in [-0.39, 0.29) is 24.5 Å². The molecular weight excluding hydrogens is 392 g/mol. The smallest absolute Gasteiger partial charge is 0.255 e. The lowest BCUT2D eigenvalue weighted by Gasteiger charge is -2.28. The molecule has 31 heavy (non-hydrogen) atoms. The molecule has 0 spiro atoms. The van der Waals surface area contributed by atoms with Crippen LogP contribution in [0.2, 0.25) is 0 Å². The molecular formula is C22H22N8O. The second-order valence-electron chi connectivity index (χ2n) is 7.62. The Morgan fingerprint density at radius 2 is 2.00 bits per heavy atom. The highest BCUT2D eigenvalue weighted by atomic mass is 16.1. The number of nitrogens with zero attached hydrogens (tertiary/aromatic N) is 5. The molecule has 1 amide bonds. The van der Waals surface area contributed by atoms with Gasteiger partial charge in [0.05, 0.1) is 46.0 Å². The molecule has 0 atom stereocenters. The van der Waals surface area contributed by atoms with Crippen LogP contribution in [0, 0.1) is 22.7 Å². The molecule has 1 aliphatic carbocycles. The van der Waals surface area contributed by atoms with Gasteiger partial charge in [0.2, 0.25) is 0 Å². The third kappa shape index (κ3) is 4.32. The van der Waals surface area contributed by atoms with Gasteiger partial charge in [-0.15, -0.1) is 0 Å². The van der Waals surface area contributed by atoms with E-state index in [1.165, 1.54) is 12.4 Å². The zero-order valence-corrected chi connectivity index (χ0v) is 16.9. The molecule has 9 heteroatoms. The number of rotatable bonds is 5. The number of amides is 1. The number of aromatic nitrogens is 3. The molecule has 0 aromatic carbocycles. The van der Waals surface area contributed by atoms with Crippen LogP contribution in [-0.4, -0.2) is 39.1 Å². The van der Waals surface area contributed by atoms with Crippen molar-refractivity contribution in [2.45, 2.75) is 37.8 Å². The average Bonchev–Trinajstić information content (AvgIpc) is 3.22. The van der Waals surface area contributed by atoms with E-state index < -0.39 is 0 Å². The lowest BCUT2D eigenvalue weighted by molar-refractivity contribution is 0.0959. The quantitative estimate of drug-likeness (QED) is 0.543. The minimum atomic E-state index is -0.354. The summed E-state index contributed by atoms with van der Waals surface area (Å²) < 4.78 is 1.71. The number of hydrogen-bond acceptors (Lipinski definition) is 7. The lowest BCUT2D eigenvalue weighted by Crippen LogP contribution is -2.33. The Labute approximate surface area is 179 Å². The number of fused-ring (bicyclic) bond motifs is 1. The Bertz CT molecular complexity index is 1190. The number of carbonyl (C=O) groups is 1. The predicted molar refractivity (Wildman–Crippen MR) is 115 cm³/mol. The Morgan fingerprint density at radius 1 is 1.19 bits per heavy atom. The van der Waals surface area contributed by atoms with Gasteiger partial charge in [0.15, 0.2) is 0 Å². The van der Waals surface area contributed by atoms with Gasteiger partial charge in [-0.25, -0.2) is 4.52 Å². The zero-order valence-electron chi connectivity index (χ0n) is 16.9. The van der Waals surface area contributed by atoms with E-state index in [1.807, 2.05) is 24.3 Å². The van der Waals surface area contributed by atoms with Crippen molar-refractivity contribution in [3.63, 3.8) is 0 Å². The van der Waals surface area contributed by atoms with Gasteiger partial charge in [-0.05, 0) is 49.9 Å². The second-order valence-corrected chi connectivity index (χ2v) is 7.62. The fourth-order valence-corrected chi connectivity index (χ4v) is 3.85. The van der Waals surface area contributed by atoms with Gasteiger partial charge < -0.3 is 16.4 Å². The van der Waals surface area contributed by atoms with Gasteiger partial charge in [0.1, 0.15) is 12.6 Å². The standard InChI is InChI=1S/C22H22N8O/c23-7-8-26-22(31)18-13-27-20(10-19(18)29-16-3-1-15(25)2-4-16)21-6-5-17-9-14(11-24)12-28-30(17)21/h5-6,9-10,12-13,15-16H,1-4,8,25H2,(H,26,31)(H,27,29)/t15-,16-. The van der Waals surface area contributed by atoms with E-state index >= 15 is 0 Å². The predicted octanol–water partition coefficient (Wildman–Crippen LogP) is 2.20. The molecule has 0 aliphatic heterocycles. The minimum Gasteiger partial charge on any atom is -0.382 e. The van der Waals surface area contributed by atoms with Crippen LogP contribution in [0.15, 0.2) is 36.7 Å². The number of anilines is 1. The first-order chi connectivity index (χ1) is 15.1. The van der Waals surface area contributed by atoms with Crippen LogP contribution in [-0.2, 0) is 0 Å². The van der Waals surface area contributed by atoms with Gasteiger partial charge in [-0.1, -0.05) is 0 Å². The van der Waals surface area contributed by atoms with Crippen molar-refractivity contribution in [2.75, 3.05) is 11.9 Å². The molecule has 4 rings (SSSR count). The maximum atomic E-state index is 12.6. The number of nitrogens with one attached hydrogen (secondary N) is 2. The zero-order chi connectivity index (χ0) is 21.8. The first-order valence-corrected chi connectivity index (χ1v) is 10.1. The Morgan fingerprint density at radius 3 is 2.74 bits per heavy atom. The van der Waals surface area contributed by atoms with Gasteiger partial charge in [0.25, 0.3) is 5.91 Å². The number of carbonyl (C=O) groups excluding carboxylic acids is 1. The Kier molecular flexibility index (Phi) is 5.78. The summed E-state index contributed by atoms with van der Waals surface area (Å²) in [7, 11) is 0. The van der Waals surface area contributed by atoms with E-state index in [0.29, 0.717) is 22.5 Å². The van der Waals surface area contributed by atoms with Crippen molar-refractivity contribution in [1.82, 2.24) is 19.9 Å².